The van der Waals surface area contributed by atoms with E-state index in [4.69, 9.17) is 5.14 Å². The standard InChI is InChI=1S/C23H23N3O4S2/c1-15-5-3-4-6-21(15)23(28)26-17-7-11-19(12-8-17)31-16(2)22(27)25-18-9-13-20(14-10-18)32(24,29)30/h3-14,16H,1-2H3,(H,25,27)(H,26,28)(H2,24,29,30). The van der Waals surface area contributed by atoms with Crippen LogP contribution in [0.25, 0.3) is 0 Å². The number of nitrogens with one attached hydrogen (secondary N) is 2. The smallest absolute Gasteiger partial charge is 0.255 e. The number of hydrogen-bond acceptors (Lipinski definition) is 5. The maximum absolute atomic E-state index is 12.5. The van der Waals surface area contributed by atoms with E-state index < -0.39 is 15.3 Å². The van der Waals surface area contributed by atoms with E-state index in [-0.39, 0.29) is 16.7 Å². The first-order chi connectivity index (χ1) is 15.1. The van der Waals surface area contributed by atoms with Gasteiger partial charge in [-0.15, -0.1) is 11.8 Å². The average molecular weight is 470 g/mol. The van der Waals surface area contributed by atoms with Gasteiger partial charge in [-0.3, -0.25) is 9.59 Å². The summed E-state index contributed by atoms with van der Waals surface area (Å²) in [5, 5.41) is 10.3. The van der Waals surface area contributed by atoms with E-state index in [1.165, 1.54) is 36.0 Å². The SMILES string of the molecule is Cc1ccccc1C(=O)Nc1ccc(SC(C)C(=O)Nc2ccc(S(N)(=O)=O)cc2)cc1. The van der Waals surface area contributed by atoms with Gasteiger partial charge in [-0.05, 0) is 74.0 Å². The molecule has 32 heavy (non-hydrogen) atoms. The van der Waals surface area contributed by atoms with Gasteiger partial charge in [-0.1, -0.05) is 18.2 Å². The van der Waals surface area contributed by atoms with Crippen LogP contribution in [0.1, 0.15) is 22.8 Å². The fraction of sp³-hybridized carbons (Fsp3) is 0.130. The number of hydrogen-bond donors (Lipinski definition) is 3. The fourth-order valence-corrected chi connectivity index (χ4v) is 4.26. The number of amides is 2. The number of carbonyl (C=O) groups is 2. The van der Waals surface area contributed by atoms with Crippen LogP contribution >= 0.6 is 11.8 Å². The number of anilines is 2. The molecule has 9 heteroatoms. The van der Waals surface area contributed by atoms with Crippen molar-refractivity contribution in [1.82, 2.24) is 0 Å². The van der Waals surface area contributed by atoms with Crippen LogP contribution in [0.5, 0.6) is 0 Å². The lowest BCUT2D eigenvalue weighted by Crippen LogP contribution is -2.22. The third-order valence-corrected chi connectivity index (χ3v) is 6.68. The van der Waals surface area contributed by atoms with Gasteiger partial charge < -0.3 is 10.6 Å². The molecule has 1 atom stereocenters. The molecule has 0 fully saturated rings. The molecule has 0 bridgehead atoms. The van der Waals surface area contributed by atoms with Crippen molar-refractivity contribution in [2.45, 2.75) is 28.9 Å². The van der Waals surface area contributed by atoms with E-state index in [1.807, 2.05) is 37.3 Å². The molecule has 0 heterocycles. The first kappa shape index (κ1) is 23.5. The number of carbonyl (C=O) groups excluding carboxylic acids is 2. The maximum Gasteiger partial charge on any atom is 0.255 e. The minimum atomic E-state index is -3.78. The number of primary sulfonamides is 1. The number of nitrogens with two attached hydrogens (primary N) is 1. The summed E-state index contributed by atoms with van der Waals surface area (Å²) < 4.78 is 22.6. The molecule has 0 aliphatic carbocycles. The molecule has 1 unspecified atom stereocenters. The third kappa shape index (κ3) is 6.19. The lowest BCUT2D eigenvalue weighted by molar-refractivity contribution is -0.115. The first-order valence-electron chi connectivity index (χ1n) is 9.71. The van der Waals surface area contributed by atoms with Gasteiger partial charge in [0.15, 0.2) is 0 Å². The van der Waals surface area contributed by atoms with Gasteiger partial charge in [-0.2, -0.15) is 0 Å². The summed E-state index contributed by atoms with van der Waals surface area (Å²) in [6, 6.07) is 20.3. The van der Waals surface area contributed by atoms with Crippen molar-refractivity contribution in [3.63, 3.8) is 0 Å². The molecule has 7 nitrogen and oxygen atoms in total. The summed E-state index contributed by atoms with van der Waals surface area (Å²) in [6.45, 7) is 3.65. The summed E-state index contributed by atoms with van der Waals surface area (Å²) in [4.78, 5) is 25.7. The van der Waals surface area contributed by atoms with E-state index in [0.29, 0.717) is 16.9 Å². The van der Waals surface area contributed by atoms with Crippen LogP contribution in [0, 0.1) is 6.92 Å². The average Bonchev–Trinajstić information content (AvgIpc) is 2.75. The lowest BCUT2D eigenvalue weighted by atomic mass is 10.1. The van der Waals surface area contributed by atoms with E-state index in [9.17, 15) is 18.0 Å². The molecule has 3 rings (SSSR count). The lowest BCUT2D eigenvalue weighted by Gasteiger charge is -2.13. The summed E-state index contributed by atoms with van der Waals surface area (Å²) in [5.41, 5.74) is 2.66. The van der Waals surface area contributed by atoms with Crippen molar-refractivity contribution in [2.24, 2.45) is 5.14 Å². The Labute approximate surface area is 191 Å². The molecular formula is C23H23N3O4S2. The van der Waals surface area contributed by atoms with Gasteiger partial charge >= 0.3 is 0 Å². The van der Waals surface area contributed by atoms with Crippen LogP contribution in [0.3, 0.4) is 0 Å². The number of aryl methyl sites for hydroxylation is 1. The van der Waals surface area contributed by atoms with Crippen LogP contribution in [0.15, 0.2) is 82.6 Å². The second kappa shape index (κ2) is 9.99. The molecule has 0 aromatic heterocycles. The Morgan fingerprint density at radius 1 is 0.875 bits per heavy atom. The van der Waals surface area contributed by atoms with E-state index in [0.717, 1.165) is 10.5 Å². The molecule has 0 saturated carbocycles. The van der Waals surface area contributed by atoms with Crippen LogP contribution in [-0.2, 0) is 14.8 Å². The predicted octanol–water partition coefficient (Wildman–Crippen LogP) is 4.01. The molecular weight excluding hydrogens is 446 g/mol. The second-order valence-electron chi connectivity index (χ2n) is 7.11. The Morgan fingerprint density at radius 3 is 2.03 bits per heavy atom. The quantitative estimate of drug-likeness (QED) is 0.452. The molecule has 4 N–H and O–H groups in total. The summed E-state index contributed by atoms with van der Waals surface area (Å²) >= 11 is 1.36. The van der Waals surface area contributed by atoms with Crippen molar-refractivity contribution in [3.8, 4) is 0 Å². The van der Waals surface area contributed by atoms with Gasteiger partial charge in [0, 0.05) is 21.8 Å². The van der Waals surface area contributed by atoms with Crippen molar-refractivity contribution in [1.29, 1.82) is 0 Å². The highest BCUT2D eigenvalue weighted by molar-refractivity contribution is 8.00. The van der Waals surface area contributed by atoms with Crippen LogP contribution in [0.4, 0.5) is 11.4 Å². The third-order valence-electron chi connectivity index (χ3n) is 4.63. The van der Waals surface area contributed by atoms with Crippen molar-refractivity contribution >= 4 is 45.0 Å². The van der Waals surface area contributed by atoms with Crippen molar-refractivity contribution in [3.05, 3.63) is 83.9 Å². The van der Waals surface area contributed by atoms with Crippen LogP contribution in [-0.4, -0.2) is 25.5 Å². The largest absolute Gasteiger partial charge is 0.325 e. The Bertz CT molecular complexity index is 1220. The van der Waals surface area contributed by atoms with Crippen molar-refractivity contribution in [2.75, 3.05) is 10.6 Å². The maximum atomic E-state index is 12.5. The Balaban J connectivity index is 1.57. The predicted molar refractivity (Wildman–Crippen MR) is 127 cm³/mol. The molecule has 0 saturated heterocycles. The zero-order valence-corrected chi connectivity index (χ0v) is 19.2. The highest BCUT2D eigenvalue weighted by atomic mass is 32.2. The minimum Gasteiger partial charge on any atom is -0.325 e. The highest BCUT2D eigenvalue weighted by Crippen LogP contribution is 2.26. The second-order valence-corrected chi connectivity index (χ2v) is 10.1. The van der Waals surface area contributed by atoms with Gasteiger partial charge in [0.2, 0.25) is 15.9 Å². The number of rotatable bonds is 7. The van der Waals surface area contributed by atoms with Crippen LogP contribution in [0.2, 0.25) is 0 Å². The topological polar surface area (TPSA) is 118 Å². The highest BCUT2D eigenvalue weighted by Gasteiger charge is 2.16. The normalized spacial score (nSPS) is 12.1. The Hall–Kier alpha value is -3.14. The van der Waals surface area contributed by atoms with Gasteiger partial charge in [0.05, 0.1) is 10.1 Å². The molecule has 0 spiro atoms. The molecule has 3 aromatic rings. The number of benzene rings is 3. The van der Waals surface area contributed by atoms with E-state index in [2.05, 4.69) is 10.6 Å². The van der Waals surface area contributed by atoms with Gasteiger partial charge in [0.25, 0.3) is 5.91 Å². The van der Waals surface area contributed by atoms with Gasteiger partial charge in [0.1, 0.15) is 0 Å². The summed E-state index contributed by atoms with van der Waals surface area (Å²) in [7, 11) is -3.78. The molecule has 0 radical (unpaired) electrons. The van der Waals surface area contributed by atoms with E-state index >= 15 is 0 Å². The van der Waals surface area contributed by atoms with Crippen molar-refractivity contribution < 1.29 is 18.0 Å². The molecule has 3 aromatic carbocycles. The summed E-state index contributed by atoms with van der Waals surface area (Å²) in [5.74, 6) is -0.403. The summed E-state index contributed by atoms with van der Waals surface area (Å²) in [6.07, 6.45) is 0. The van der Waals surface area contributed by atoms with E-state index in [1.54, 1.807) is 25.1 Å². The Kier molecular flexibility index (Phi) is 7.34. The monoisotopic (exact) mass is 469 g/mol. The Morgan fingerprint density at radius 2 is 1.44 bits per heavy atom. The van der Waals surface area contributed by atoms with Gasteiger partial charge in [-0.25, -0.2) is 13.6 Å². The zero-order chi connectivity index (χ0) is 23.3. The molecule has 2 amide bonds. The minimum absolute atomic E-state index is 0.0208. The number of sulfonamides is 1. The molecule has 0 aliphatic heterocycles. The zero-order valence-electron chi connectivity index (χ0n) is 17.5. The van der Waals surface area contributed by atoms with Crippen LogP contribution < -0.4 is 15.8 Å². The fourth-order valence-electron chi connectivity index (χ4n) is 2.87. The molecule has 0 aliphatic rings. The molecule has 166 valence electrons. The first-order valence-corrected chi connectivity index (χ1v) is 12.1. The number of thioether (sulfide) groups is 1.